The number of rotatable bonds is 7. The highest BCUT2D eigenvalue weighted by molar-refractivity contribution is 5.62. The van der Waals surface area contributed by atoms with Crippen LogP contribution in [0.5, 0.6) is 0 Å². The lowest BCUT2D eigenvalue weighted by Gasteiger charge is -2.04. The largest absolute Gasteiger partial charge is 0.421 e. The van der Waals surface area contributed by atoms with E-state index < -0.39 is 0 Å². The van der Waals surface area contributed by atoms with Gasteiger partial charge in [-0.25, -0.2) is 0 Å². The fraction of sp³-hybridized carbons (Fsp3) is 0.500. The Labute approximate surface area is 120 Å². The van der Waals surface area contributed by atoms with Gasteiger partial charge in [-0.05, 0) is 50.9 Å². The van der Waals surface area contributed by atoms with Gasteiger partial charge in [-0.2, -0.15) is 0 Å². The Morgan fingerprint density at radius 2 is 1.85 bits per heavy atom. The van der Waals surface area contributed by atoms with Crippen LogP contribution in [0.4, 0.5) is 0 Å². The van der Waals surface area contributed by atoms with E-state index in [2.05, 4.69) is 48.4 Å². The van der Waals surface area contributed by atoms with Crippen molar-refractivity contribution in [3.8, 4) is 11.5 Å². The smallest absolute Gasteiger partial charge is 0.248 e. The molecule has 0 aliphatic heterocycles. The van der Waals surface area contributed by atoms with Crippen LogP contribution in [-0.2, 0) is 6.42 Å². The number of hydrogen-bond acceptors (Lipinski definition) is 4. The number of nitrogens with zero attached hydrogens (tertiary/aromatic N) is 2. The summed E-state index contributed by atoms with van der Waals surface area (Å²) in [7, 11) is 0. The minimum atomic E-state index is 0.636. The van der Waals surface area contributed by atoms with Crippen LogP contribution in [0, 0.1) is 13.8 Å². The van der Waals surface area contributed by atoms with E-state index in [1.165, 1.54) is 11.1 Å². The topological polar surface area (TPSA) is 51.0 Å². The second-order valence-corrected chi connectivity index (χ2v) is 5.12. The van der Waals surface area contributed by atoms with Gasteiger partial charge in [0.05, 0.1) is 0 Å². The summed E-state index contributed by atoms with van der Waals surface area (Å²) in [5.74, 6) is 1.36. The molecule has 0 aliphatic carbocycles. The molecule has 0 fully saturated rings. The first kappa shape index (κ1) is 14.7. The monoisotopic (exact) mass is 273 g/mol. The number of hydrogen-bond donors (Lipinski definition) is 1. The molecule has 0 radical (unpaired) electrons. The summed E-state index contributed by atoms with van der Waals surface area (Å²) >= 11 is 0. The second-order valence-electron chi connectivity index (χ2n) is 5.12. The van der Waals surface area contributed by atoms with Gasteiger partial charge in [0.1, 0.15) is 0 Å². The molecule has 0 aliphatic rings. The van der Waals surface area contributed by atoms with Crippen molar-refractivity contribution in [2.24, 2.45) is 0 Å². The van der Waals surface area contributed by atoms with E-state index in [-0.39, 0.29) is 0 Å². The highest BCUT2D eigenvalue weighted by atomic mass is 16.4. The third kappa shape index (κ3) is 3.67. The maximum Gasteiger partial charge on any atom is 0.248 e. The predicted molar refractivity (Wildman–Crippen MR) is 80.7 cm³/mol. The summed E-state index contributed by atoms with van der Waals surface area (Å²) < 4.78 is 5.79. The van der Waals surface area contributed by atoms with Crippen molar-refractivity contribution in [2.75, 3.05) is 13.1 Å². The molecule has 108 valence electrons. The van der Waals surface area contributed by atoms with Crippen molar-refractivity contribution in [1.82, 2.24) is 15.5 Å². The molecule has 0 amide bonds. The van der Waals surface area contributed by atoms with Crippen LogP contribution in [0.1, 0.15) is 36.8 Å². The van der Waals surface area contributed by atoms with Crippen molar-refractivity contribution < 1.29 is 4.42 Å². The lowest BCUT2D eigenvalue weighted by atomic mass is 10.0. The molecule has 0 bridgehead atoms. The standard InChI is InChI=1S/C16H23N3O/c1-4-10-17-11-6-9-14-18-19-16(20-14)15-12(2)7-5-8-13(15)3/h5,7-8,17H,4,6,9-11H2,1-3H3. The normalized spacial score (nSPS) is 10.9. The van der Waals surface area contributed by atoms with Crippen LogP contribution in [-0.4, -0.2) is 23.3 Å². The summed E-state index contributed by atoms with van der Waals surface area (Å²) in [6.45, 7) is 8.37. The fourth-order valence-corrected chi connectivity index (χ4v) is 2.27. The average Bonchev–Trinajstić information content (AvgIpc) is 2.87. The zero-order valence-corrected chi connectivity index (χ0v) is 12.6. The van der Waals surface area contributed by atoms with Crippen LogP contribution in [0.2, 0.25) is 0 Å². The summed E-state index contributed by atoms with van der Waals surface area (Å²) in [5, 5.41) is 11.7. The zero-order valence-electron chi connectivity index (χ0n) is 12.6. The highest BCUT2D eigenvalue weighted by Gasteiger charge is 2.12. The molecule has 1 aromatic carbocycles. The molecule has 0 spiro atoms. The highest BCUT2D eigenvalue weighted by Crippen LogP contribution is 2.25. The number of aryl methyl sites for hydroxylation is 3. The minimum Gasteiger partial charge on any atom is -0.421 e. The van der Waals surface area contributed by atoms with Gasteiger partial charge in [0.25, 0.3) is 0 Å². The summed E-state index contributed by atoms with van der Waals surface area (Å²) in [6.07, 6.45) is 3.01. The van der Waals surface area contributed by atoms with E-state index in [0.29, 0.717) is 5.89 Å². The first-order valence-electron chi connectivity index (χ1n) is 7.32. The van der Waals surface area contributed by atoms with Crippen LogP contribution in [0.25, 0.3) is 11.5 Å². The second kappa shape index (κ2) is 7.20. The number of nitrogens with one attached hydrogen (secondary N) is 1. The molecule has 1 heterocycles. The maximum absolute atomic E-state index is 5.79. The summed E-state index contributed by atoms with van der Waals surface area (Å²) in [5.41, 5.74) is 3.41. The van der Waals surface area contributed by atoms with Crippen molar-refractivity contribution >= 4 is 0 Å². The van der Waals surface area contributed by atoms with Crippen LogP contribution in [0.3, 0.4) is 0 Å². The molecular weight excluding hydrogens is 250 g/mol. The van der Waals surface area contributed by atoms with E-state index >= 15 is 0 Å². The van der Waals surface area contributed by atoms with Gasteiger partial charge >= 0.3 is 0 Å². The molecule has 0 unspecified atom stereocenters. The molecular formula is C16H23N3O. The zero-order chi connectivity index (χ0) is 14.4. The molecule has 4 nitrogen and oxygen atoms in total. The van der Waals surface area contributed by atoms with Gasteiger partial charge < -0.3 is 9.73 Å². The van der Waals surface area contributed by atoms with Gasteiger partial charge in [-0.1, -0.05) is 25.1 Å². The molecule has 0 atom stereocenters. The van der Waals surface area contributed by atoms with Crippen molar-refractivity contribution in [3.05, 3.63) is 35.2 Å². The SMILES string of the molecule is CCCNCCCc1nnc(-c2c(C)cccc2C)o1. The van der Waals surface area contributed by atoms with Gasteiger partial charge in [0.15, 0.2) is 0 Å². The van der Waals surface area contributed by atoms with E-state index in [9.17, 15) is 0 Å². The Kier molecular flexibility index (Phi) is 5.30. The van der Waals surface area contributed by atoms with Gasteiger partial charge in [-0.3, -0.25) is 0 Å². The molecule has 1 aromatic heterocycles. The molecule has 0 saturated heterocycles. The van der Waals surface area contributed by atoms with Crippen LogP contribution >= 0.6 is 0 Å². The Bertz CT molecular complexity index is 528. The third-order valence-electron chi connectivity index (χ3n) is 3.33. The minimum absolute atomic E-state index is 0.636. The Morgan fingerprint density at radius 3 is 2.55 bits per heavy atom. The van der Waals surface area contributed by atoms with Crippen molar-refractivity contribution in [3.63, 3.8) is 0 Å². The average molecular weight is 273 g/mol. The van der Waals surface area contributed by atoms with Crippen molar-refractivity contribution in [2.45, 2.75) is 40.0 Å². The van der Waals surface area contributed by atoms with Gasteiger partial charge in [0.2, 0.25) is 11.8 Å². The Balaban J connectivity index is 1.98. The molecule has 0 saturated carbocycles. The molecule has 1 N–H and O–H groups in total. The summed E-state index contributed by atoms with van der Waals surface area (Å²) in [6, 6.07) is 6.19. The fourth-order valence-electron chi connectivity index (χ4n) is 2.27. The van der Waals surface area contributed by atoms with Gasteiger partial charge in [0, 0.05) is 12.0 Å². The number of benzene rings is 1. The Hall–Kier alpha value is -1.68. The van der Waals surface area contributed by atoms with E-state index in [1.54, 1.807) is 0 Å². The third-order valence-corrected chi connectivity index (χ3v) is 3.33. The van der Waals surface area contributed by atoms with E-state index in [4.69, 9.17) is 4.42 Å². The molecule has 20 heavy (non-hydrogen) atoms. The lowest BCUT2D eigenvalue weighted by Crippen LogP contribution is -2.16. The quantitative estimate of drug-likeness (QED) is 0.786. The molecule has 4 heteroatoms. The van der Waals surface area contributed by atoms with E-state index in [1.807, 2.05) is 6.07 Å². The van der Waals surface area contributed by atoms with Crippen LogP contribution in [0.15, 0.2) is 22.6 Å². The van der Waals surface area contributed by atoms with E-state index in [0.717, 1.165) is 43.8 Å². The first-order valence-corrected chi connectivity index (χ1v) is 7.32. The van der Waals surface area contributed by atoms with Crippen LogP contribution < -0.4 is 5.32 Å². The molecule has 2 aromatic rings. The molecule has 2 rings (SSSR count). The number of aromatic nitrogens is 2. The first-order chi connectivity index (χ1) is 9.72. The predicted octanol–water partition coefficient (Wildman–Crippen LogP) is 3.29. The van der Waals surface area contributed by atoms with Gasteiger partial charge in [-0.15, -0.1) is 10.2 Å². The maximum atomic E-state index is 5.79. The lowest BCUT2D eigenvalue weighted by molar-refractivity contribution is 0.491. The summed E-state index contributed by atoms with van der Waals surface area (Å²) in [4.78, 5) is 0. The Morgan fingerprint density at radius 1 is 1.10 bits per heavy atom. The van der Waals surface area contributed by atoms with Crippen molar-refractivity contribution in [1.29, 1.82) is 0 Å².